The summed E-state index contributed by atoms with van der Waals surface area (Å²) in [5.74, 6) is 0.650. The lowest BCUT2D eigenvalue weighted by molar-refractivity contribution is -0.120. The van der Waals surface area contributed by atoms with E-state index in [4.69, 9.17) is 9.72 Å². The van der Waals surface area contributed by atoms with Crippen LogP contribution >= 0.6 is 23.1 Å². The number of hydrogen-bond donors (Lipinski definition) is 1. The first-order valence-electron chi connectivity index (χ1n) is 10.0. The lowest BCUT2D eigenvalue weighted by atomic mass is 10.1. The maximum Gasteiger partial charge on any atom is 0.267 e. The second kappa shape index (κ2) is 9.66. The molecule has 3 aromatic rings. The molecule has 1 amide bonds. The smallest absolute Gasteiger partial charge is 0.267 e. The van der Waals surface area contributed by atoms with Gasteiger partial charge in [-0.1, -0.05) is 25.6 Å². The number of rotatable bonds is 8. The molecule has 0 spiro atoms. The van der Waals surface area contributed by atoms with Crippen LogP contribution in [0.4, 0.5) is 0 Å². The van der Waals surface area contributed by atoms with Crippen LogP contribution < -0.4 is 15.6 Å². The third kappa shape index (κ3) is 4.39. The molecule has 0 radical (unpaired) electrons. The number of nitrogens with zero attached hydrogens (tertiary/aromatic N) is 2. The molecule has 2 heterocycles. The summed E-state index contributed by atoms with van der Waals surface area (Å²) in [7, 11) is 1.61. The van der Waals surface area contributed by atoms with Crippen molar-refractivity contribution in [2.24, 2.45) is 0 Å². The van der Waals surface area contributed by atoms with Gasteiger partial charge < -0.3 is 10.1 Å². The Labute approximate surface area is 184 Å². The first-order chi connectivity index (χ1) is 14.4. The van der Waals surface area contributed by atoms with Crippen LogP contribution in [-0.4, -0.2) is 34.4 Å². The van der Waals surface area contributed by atoms with Gasteiger partial charge >= 0.3 is 0 Å². The summed E-state index contributed by atoms with van der Waals surface area (Å²) < 4.78 is 6.86. The molecule has 0 aliphatic carbocycles. The van der Waals surface area contributed by atoms with Crippen molar-refractivity contribution in [3.8, 4) is 11.4 Å². The summed E-state index contributed by atoms with van der Waals surface area (Å²) in [5, 5.41) is 3.72. The van der Waals surface area contributed by atoms with E-state index in [1.54, 1.807) is 11.7 Å². The van der Waals surface area contributed by atoms with Crippen molar-refractivity contribution in [3.05, 3.63) is 45.1 Å². The average Bonchev–Trinajstić information content (AvgIpc) is 3.07. The largest absolute Gasteiger partial charge is 0.497 e. The van der Waals surface area contributed by atoms with Crippen molar-refractivity contribution < 1.29 is 9.53 Å². The van der Waals surface area contributed by atoms with Crippen LogP contribution in [0.2, 0.25) is 0 Å². The summed E-state index contributed by atoms with van der Waals surface area (Å²) >= 11 is 2.83. The van der Waals surface area contributed by atoms with Gasteiger partial charge in [0.2, 0.25) is 5.91 Å². The second-order valence-corrected chi connectivity index (χ2v) is 9.47. The molecular formula is C22H27N3O3S2. The predicted molar refractivity (Wildman–Crippen MR) is 125 cm³/mol. The summed E-state index contributed by atoms with van der Waals surface area (Å²) in [6, 6.07) is 7.31. The third-order valence-electron chi connectivity index (χ3n) is 4.88. The maximum atomic E-state index is 13.6. The van der Waals surface area contributed by atoms with Crippen LogP contribution in [0.15, 0.2) is 34.2 Å². The molecule has 3 rings (SSSR count). The summed E-state index contributed by atoms with van der Waals surface area (Å²) in [5.41, 5.74) is 1.64. The van der Waals surface area contributed by atoms with Gasteiger partial charge in [-0.3, -0.25) is 14.2 Å². The molecule has 0 saturated heterocycles. The Balaban J connectivity index is 2.16. The molecule has 0 saturated carbocycles. The number of thioether (sulfide) groups is 1. The van der Waals surface area contributed by atoms with Crippen molar-refractivity contribution >= 4 is 39.2 Å². The Bertz CT molecular complexity index is 1100. The Hall–Kier alpha value is -2.32. The van der Waals surface area contributed by atoms with Gasteiger partial charge in [0.05, 0.1) is 23.4 Å². The highest BCUT2D eigenvalue weighted by Crippen LogP contribution is 2.32. The second-order valence-electron chi connectivity index (χ2n) is 6.95. The number of methoxy groups -OCH3 is 1. The quantitative estimate of drug-likeness (QED) is 0.413. The minimum absolute atomic E-state index is 0.0610. The minimum atomic E-state index is -0.378. The fourth-order valence-corrected chi connectivity index (χ4v) is 5.37. The number of hydrogen-bond acceptors (Lipinski definition) is 6. The Morgan fingerprint density at radius 2 is 2.00 bits per heavy atom. The van der Waals surface area contributed by atoms with Crippen molar-refractivity contribution in [2.75, 3.05) is 13.7 Å². The zero-order valence-corrected chi connectivity index (χ0v) is 19.6. The van der Waals surface area contributed by atoms with Gasteiger partial charge in [-0.15, -0.1) is 11.3 Å². The topological polar surface area (TPSA) is 73.2 Å². The molecule has 0 fully saturated rings. The van der Waals surface area contributed by atoms with Crippen molar-refractivity contribution in [1.29, 1.82) is 0 Å². The van der Waals surface area contributed by atoms with Crippen molar-refractivity contribution in [1.82, 2.24) is 14.9 Å². The molecule has 1 aromatic carbocycles. The molecule has 1 atom stereocenters. The van der Waals surface area contributed by atoms with E-state index in [0.717, 1.165) is 28.1 Å². The number of ether oxygens (including phenoxy) is 1. The van der Waals surface area contributed by atoms with Crippen molar-refractivity contribution in [2.45, 2.75) is 50.9 Å². The van der Waals surface area contributed by atoms with Gasteiger partial charge in [0.15, 0.2) is 5.16 Å². The number of aryl methyl sites for hydroxylation is 2. The van der Waals surface area contributed by atoms with E-state index in [2.05, 4.69) is 12.2 Å². The van der Waals surface area contributed by atoms with Crippen molar-refractivity contribution in [3.63, 3.8) is 0 Å². The molecule has 8 heteroatoms. The van der Waals surface area contributed by atoms with Gasteiger partial charge in [-0.2, -0.15) is 0 Å². The maximum absolute atomic E-state index is 13.6. The van der Waals surface area contributed by atoms with Crippen LogP contribution in [0.25, 0.3) is 15.9 Å². The minimum Gasteiger partial charge on any atom is -0.497 e. The number of nitrogens with one attached hydrogen (secondary N) is 1. The van der Waals surface area contributed by atoms with E-state index in [1.807, 2.05) is 45.0 Å². The SMILES string of the molecule is CCCNC(=O)C(C)Sc1nc2sc(C)c(CC)c2c(=O)n1-c1ccc(OC)cc1. The molecular weight excluding hydrogens is 418 g/mol. The molecule has 6 nitrogen and oxygen atoms in total. The van der Waals surface area contributed by atoms with E-state index < -0.39 is 0 Å². The first-order valence-corrected chi connectivity index (χ1v) is 11.7. The van der Waals surface area contributed by atoms with Gasteiger partial charge in [0.25, 0.3) is 5.56 Å². The molecule has 0 bridgehead atoms. The zero-order chi connectivity index (χ0) is 21.8. The number of benzene rings is 1. The number of thiophene rings is 1. The third-order valence-corrected chi connectivity index (χ3v) is 6.97. The van der Waals surface area contributed by atoms with Crippen LogP contribution in [-0.2, 0) is 11.2 Å². The highest BCUT2D eigenvalue weighted by atomic mass is 32.2. The van der Waals surface area contributed by atoms with Gasteiger partial charge in [0, 0.05) is 11.4 Å². The van der Waals surface area contributed by atoms with Crippen LogP contribution in [0.3, 0.4) is 0 Å². The van der Waals surface area contributed by atoms with E-state index in [1.165, 1.54) is 23.1 Å². The van der Waals surface area contributed by atoms with E-state index in [-0.39, 0.29) is 16.7 Å². The van der Waals surface area contributed by atoms with Gasteiger partial charge in [-0.25, -0.2) is 4.98 Å². The van der Waals surface area contributed by atoms with Crippen LogP contribution in [0, 0.1) is 6.92 Å². The normalized spacial score (nSPS) is 12.2. The lowest BCUT2D eigenvalue weighted by Gasteiger charge is -2.16. The fourth-order valence-electron chi connectivity index (χ4n) is 3.26. The van der Waals surface area contributed by atoms with Gasteiger partial charge in [0.1, 0.15) is 10.6 Å². The predicted octanol–water partition coefficient (Wildman–Crippen LogP) is 4.33. The van der Waals surface area contributed by atoms with Gasteiger partial charge in [-0.05, 0) is 56.5 Å². The monoisotopic (exact) mass is 445 g/mol. The molecule has 30 heavy (non-hydrogen) atoms. The summed E-state index contributed by atoms with van der Waals surface area (Å²) in [4.78, 5) is 32.7. The molecule has 0 aliphatic rings. The first kappa shape index (κ1) is 22.4. The molecule has 160 valence electrons. The molecule has 1 N–H and O–H groups in total. The highest BCUT2D eigenvalue weighted by molar-refractivity contribution is 8.00. The van der Waals surface area contributed by atoms with Crippen LogP contribution in [0.5, 0.6) is 5.75 Å². The average molecular weight is 446 g/mol. The molecule has 2 aromatic heterocycles. The Kier molecular flexibility index (Phi) is 7.20. The standard InChI is InChI=1S/C22H27N3O3S2/c1-6-12-23-19(26)14(4)30-22-24-20-18(17(7-2)13(3)29-20)21(27)25(22)15-8-10-16(28-5)11-9-15/h8-11,14H,6-7,12H2,1-5H3,(H,23,26). The Morgan fingerprint density at radius 1 is 1.30 bits per heavy atom. The summed E-state index contributed by atoms with van der Waals surface area (Å²) in [6.45, 7) is 8.55. The van der Waals surface area contributed by atoms with E-state index in [9.17, 15) is 9.59 Å². The van der Waals surface area contributed by atoms with E-state index in [0.29, 0.717) is 28.5 Å². The fraction of sp³-hybridized carbons (Fsp3) is 0.409. The zero-order valence-electron chi connectivity index (χ0n) is 17.9. The lowest BCUT2D eigenvalue weighted by Crippen LogP contribution is -2.32. The number of amides is 1. The number of carbonyl (C=O) groups excluding carboxylic acids is 1. The molecule has 1 unspecified atom stereocenters. The Morgan fingerprint density at radius 3 is 2.60 bits per heavy atom. The number of carbonyl (C=O) groups is 1. The highest BCUT2D eigenvalue weighted by Gasteiger charge is 2.22. The number of fused-ring (bicyclic) bond motifs is 1. The van der Waals surface area contributed by atoms with Crippen LogP contribution in [0.1, 0.15) is 37.6 Å². The van der Waals surface area contributed by atoms with E-state index >= 15 is 0 Å². The molecule has 0 aliphatic heterocycles. The number of aromatic nitrogens is 2. The summed E-state index contributed by atoms with van der Waals surface area (Å²) in [6.07, 6.45) is 1.64.